The van der Waals surface area contributed by atoms with Crippen LogP contribution in [0.2, 0.25) is 0 Å². The monoisotopic (exact) mass is 284 g/mol. The van der Waals surface area contributed by atoms with Gasteiger partial charge in [0.2, 0.25) is 5.91 Å². The highest BCUT2D eigenvalue weighted by Gasteiger charge is 2.11. The Morgan fingerprint density at radius 3 is 2.24 bits per heavy atom. The second-order valence-corrected chi connectivity index (χ2v) is 4.74. The molecule has 0 fully saturated rings. The van der Waals surface area contributed by atoms with Crippen LogP contribution in [-0.4, -0.2) is 19.1 Å². The van der Waals surface area contributed by atoms with Gasteiger partial charge in [-0.3, -0.25) is 4.79 Å². The Hall–Kier alpha value is -2.69. The molecule has 0 bridgehead atoms. The lowest BCUT2D eigenvalue weighted by molar-refractivity contribution is -0.114. The maximum Gasteiger partial charge on any atom is 0.221 e. The number of hydrogen-bond donors (Lipinski definition) is 2. The second-order valence-electron chi connectivity index (χ2n) is 4.74. The largest absolute Gasteiger partial charge is 0.486 e. The summed E-state index contributed by atoms with van der Waals surface area (Å²) >= 11 is 0. The maximum absolute atomic E-state index is 11.0. The highest BCUT2D eigenvalue weighted by molar-refractivity contribution is 5.88. The molecule has 2 N–H and O–H groups in total. The number of fused-ring (bicyclic) bond motifs is 1. The minimum absolute atomic E-state index is 0.0810. The van der Waals surface area contributed by atoms with E-state index < -0.39 is 0 Å². The van der Waals surface area contributed by atoms with Crippen molar-refractivity contribution >= 4 is 23.0 Å². The van der Waals surface area contributed by atoms with Crippen LogP contribution in [0.5, 0.6) is 11.5 Å². The van der Waals surface area contributed by atoms with Gasteiger partial charge >= 0.3 is 0 Å². The maximum atomic E-state index is 11.0. The normalized spacial score (nSPS) is 12.6. The molecule has 0 aromatic heterocycles. The molecule has 1 aliphatic rings. The van der Waals surface area contributed by atoms with Crippen molar-refractivity contribution in [2.24, 2.45) is 0 Å². The van der Waals surface area contributed by atoms with Gasteiger partial charge in [0, 0.05) is 30.1 Å². The molecule has 5 nitrogen and oxygen atoms in total. The van der Waals surface area contributed by atoms with E-state index in [4.69, 9.17) is 9.47 Å². The third-order valence-electron chi connectivity index (χ3n) is 3.04. The first-order valence-electron chi connectivity index (χ1n) is 6.75. The molecule has 3 rings (SSSR count). The average molecular weight is 284 g/mol. The smallest absolute Gasteiger partial charge is 0.221 e. The molecule has 0 aliphatic carbocycles. The fraction of sp³-hybridized carbons (Fsp3) is 0.188. The number of hydrogen-bond acceptors (Lipinski definition) is 4. The van der Waals surface area contributed by atoms with Gasteiger partial charge in [-0.1, -0.05) is 0 Å². The highest BCUT2D eigenvalue weighted by Crippen LogP contribution is 2.33. The Morgan fingerprint density at radius 2 is 1.52 bits per heavy atom. The third kappa shape index (κ3) is 3.25. The lowest BCUT2D eigenvalue weighted by atomic mass is 10.2. The molecule has 1 amide bonds. The lowest BCUT2D eigenvalue weighted by Gasteiger charge is -2.19. The van der Waals surface area contributed by atoms with Gasteiger partial charge in [0.1, 0.15) is 13.2 Å². The summed E-state index contributed by atoms with van der Waals surface area (Å²) in [6, 6.07) is 13.3. The van der Waals surface area contributed by atoms with E-state index in [-0.39, 0.29) is 5.91 Å². The molecule has 1 aliphatic heterocycles. The summed E-state index contributed by atoms with van der Waals surface area (Å²) in [7, 11) is 0. The molecule has 108 valence electrons. The summed E-state index contributed by atoms with van der Waals surface area (Å²) in [5.74, 6) is 1.44. The van der Waals surface area contributed by atoms with E-state index in [0.29, 0.717) is 13.2 Å². The first kappa shape index (κ1) is 13.3. The van der Waals surface area contributed by atoms with Crippen LogP contribution in [0.15, 0.2) is 42.5 Å². The molecule has 2 aromatic rings. The molecule has 5 heteroatoms. The summed E-state index contributed by atoms with van der Waals surface area (Å²) < 4.78 is 11.0. The van der Waals surface area contributed by atoms with E-state index in [1.165, 1.54) is 6.92 Å². The van der Waals surface area contributed by atoms with Gasteiger partial charge in [-0.2, -0.15) is 0 Å². The predicted octanol–water partition coefficient (Wildman–Crippen LogP) is 3.16. The summed E-state index contributed by atoms with van der Waals surface area (Å²) in [6.45, 7) is 2.65. The number of amides is 1. The fourth-order valence-corrected chi connectivity index (χ4v) is 2.13. The van der Waals surface area contributed by atoms with Crippen LogP contribution >= 0.6 is 0 Å². The minimum atomic E-state index is -0.0810. The van der Waals surface area contributed by atoms with Gasteiger partial charge in [0.05, 0.1) is 0 Å². The lowest BCUT2D eigenvalue weighted by Crippen LogP contribution is -2.15. The van der Waals surface area contributed by atoms with Crippen molar-refractivity contribution in [3.63, 3.8) is 0 Å². The van der Waals surface area contributed by atoms with Gasteiger partial charge in [-0.05, 0) is 36.4 Å². The Balaban J connectivity index is 1.72. The summed E-state index contributed by atoms with van der Waals surface area (Å²) in [4.78, 5) is 11.0. The SMILES string of the molecule is CC(=O)Nc1ccc(Nc2ccc3c(c2)OCCO3)cc1. The predicted molar refractivity (Wildman–Crippen MR) is 81.5 cm³/mol. The number of carbonyl (C=O) groups is 1. The number of anilines is 3. The minimum Gasteiger partial charge on any atom is -0.486 e. The summed E-state index contributed by atoms with van der Waals surface area (Å²) in [5, 5.41) is 6.02. The topological polar surface area (TPSA) is 59.6 Å². The molecule has 0 spiro atoms. The number of nitrogens with one attached hydrogen (secondary N) is 2. The van der Waals surface area contributed by atoms with Gasteiger partial charge in [0.15, 0.2) is 11.5 Å². The van der Waals surface area contributed by atoms with Crippen molar-refractivity contribution in [1.82, 2.24) is 0 Å². The van der Waals surface area contributed by atoms with E-state index in [1.54, 1.807) is 0 Å². The first-order valence-corrected chi connectivity index (χ1v) is 6.75. The molecule has 0 radical (unpaired) electrons. The number of rotatable bonds is 3. The standard InChI is InChI=1S/C16H16N2O3/c1-11(19)17-12-2-4-13(5-3-12)18-14-6-7-15-16(10-14)21-9-8-20-15/h2-7,10,18H,8-9H2,1H3,(H,17,19). The zero-order valence-electron chi connectivity index (χ0n) is 11.7. The van der Waals surface area contributed by atoms with Crippen LogP contribution in [0.1, 0.15) is 6.92 Å². The van der Waals surface area contributed by atoms with Crippen molar-refractivity contribution in [2.45, 2.75) is 6.92 Å². The molecule has 0 unspecified atom stereocenters. The molecule has 0 atom stereocenters. The number of ether oxygens (including phenoxy) is 2. The molecule has 0 saturated carbocycles. The van der Waals surface area contributed by atoms with Crippen LogP contribution in [0.4, 0.5) is 17.1 Å². The Bertz CT molecular complexity index is 653. The fourth-order valence-electron chi connectivity index (χ4n) is 2.13. The Morgan fingerprint density at radius 1 is 0.905 bits per heavy atom. The zero-order valence-corrected chi connectivity index (χ0v) is 11.7. The average Bonchev–Trinajstić information content (AvgIpc) is 2.49. The van der Waals surface area contributed by atoms with Crippen LogP contribution in [0.3, 0.4) is 0 Å². The van der Waals surface area contributed by atoms with Crippen LogP contribution in [0, 0.1) is 0 Å². The van der Waals surface area contributed by atoms with Crippen LogP contribution in [-0.2, 0) is 4.79 Å². The third-order valence-corrected chi connectivity index (χ3v) is 3.04. The quantitative estimate of drug-likeness (QED) is 0.909. The highest BCUT2D eigenvalue weighted by atomic mass is 16.6. The first-order chi connectivity index (χ1) is 10.2. The summed E-state index contributed by atoms with van der Waals surface area (Å²) in [6.07, 6.45) is 0. The van der Waals surface area contributed by atoms with E-state index in [0.717, 1.165) is 28.6 Å². The van der Waals surface area contributed by atoms with Gasteiger partial charge in [0.25, 0.3) is 0 Å². The van der Waals surface area contributed by atoms with Gasteiger partial charge in [-0.25, -0.2) is 0 Å². The summed E-state index contributed by atoms with van der Waals surface area (Å²) in [5.41, 5.74) is 2.63. The van der Waals surface area contributed by atoms with Gasteiger partial charge in [-0.15, -0.1) is 0 Å². The van der Waals surface area contributed by atoms with Crippen molar-refractivity contribution in [3.8, 4) is 11.5 Å². The number of benzene rings is 2. The van der Waals surface area contributed by atoms with Crippen LogP contribution < -0.4 is 20.1 Å². The Labute approximate surface area is 122 Å². The van der Waals surface area contributed by atoms with Crippen molar-refractivity contribution in [1.29, 1.82) is 0 Å². The van der Waals surface area contributed by atoms with E-state index in [9.17, 15) is 4.79 Å². The zero-order chi connectivity index (χ0) is 14.7. The second kappa shape index (κ2) is 5.75. The molecular formula is C16H16N2O3. The van der Waals surface area contributed by atoms with Crippen molar-refractivity contribution in [2.75, 3.05) is 23.8 Å². The van der Waals surface area contributed by atoms with Crippen molar-refractivity contribution < 1.29 is 14.3 Å². The Kier molecular flexibility index (Phi) is 3.64. The molecule has 21 heavy (non-hydrogen) atoms. The van der Waals surface area contributed by atoms with E-state index >= 15 is 0 Å². The van der Waals surface area contributed by atoms with Crippen LogP contribution in [0.25, 0.3) is 0 Å². The van der Waals surface area contributed by atoms with E-state index in [2.05, 4.69) is 10.6 Å². The van der Waals surface area contributed by atoms with Crippen molar-refractivity contribution in [3.05, 3.63) is 42.5 Å². The van der Waals surface area contributed by atoms with E-state index in [1.807, 2.05) is 42.5 Å². The van der Waals surface area contributed by atoms with Gasteiger partial charge < -0.3 is 20.1 Å². The molecule has 2 aromatic carbocycles. The molecule has 1 heterocycles. The molecular weight excluding hydrogens is 268 g/mol. The number of carbonyl (C=O) groups excluding carboxylic acids is 1. The molecule has 0 saturated heterocycles.